The monoisotopic (exact) mass is 309 g/mol. The van der Waals surface area contributed by atoms with Crippen molar-refractivity contribution in [1.29, 1.82) is 0 Å². The second kappa shape index (κ2) is 7.10. The summed E-state index contributed by atoms with van der Waals surface area (Å²) in [6.07, 6.45) is 1.38. The fourth-order valence-corrected chi connectivity index (χ4v) is 3.80. The van der Waals surface area contributed by atoms with E-state index < -0.39 is 0 Å². The number of thiazole rings is 1. The van der Waals surface area contributed by atoms with Crippen molar-refractivity contribution in [1.82, 2.24) is 10.3 Å². The van der Waals surface area contributed by atoms with Gasteiger partial charge in [-0.2, -0.15) is 0 Å². The Morgan fingerprint density at radius 3 is 2.52 bits per heavy atom. The van der Waals surface area contributed by atoms with Crippen molar-refractivity contribution in [3.63, 3.8) is 0 Å². The molecule has 1 heterocycles. The molecule has 3 nitrogen and oxygen atoms in total. The number of anilines is 1. The largest absolute Gasteiger partial charge is 0.351 e. The normalized spacial score (nSPS) is 21.3. The Kier molecular flexibility index (Phi) is 5.67. The lowest BCUT2D eigenvalue weighted by Crippen LogP contribution is -2.20. The molecule has 2 unspecified atom stereocenters. The number of hydrogen-bond acceptors (Lipinski definition) is 4. The van der Waals surface area contributed by atoms with E-state index in [4.69, 9.17) is 4.98 Å². The maximum atomic E-state index is 4.92. The number of aromatic nitrogens is 1. The van der Waals surface area contributed by atoms with Gasteiger partial charge in [0.2, 0.25) is 0 Å². The highest BCUT2D eigenvalue weighted by molar-refractivity contribution is 7.15. The molecule has 1 N–H and O–H groups in total. The lowest BCUT2D eigenvalue weighted by atomic mass is 10.1. The minimum Gasteiger partial charge on any atom is -0.351 e. The summed E-state index contributed by atoms with van der Waals surface area (Å²) in [5.74, 6) is 2.98. The third-order valence-electron chi connectivity index (χ3n) is 4.21. The minimum absolute atomic E-state index is 0.499. The first-order chi connectivity index (χ1) is 9.88. The van der Waals surface area contributed by atoms with E-state index in [2.05, 4.69) is 51.9 Å². The first-order valence-corrected chi connectivity index (χ1v) is 9.11. The van der Waals surface area contributed by atoms with E-state index in [1.807, 2.05) is 11.3 Å². The standard InChI is InChI=1S/C17H31N3S/c1-11(2)8-18-9-15-16(12(3)4)19-17(21-15)20(6)10-14-7-13(14)5/h11-14,18H,7-10H2,1-6H3. The smallest absolute Gasteiger partial charge is 0.185 e. The van der Waals surface area contributed by atoms with Crippen molar-refractivity contribution >= 4 is 16.5 Å². The third-order valence-corrected chi connectivity index (χ3v) is 5.40. The van der Waals surface area contributed by atoms with Gasteiger partial charge in [0.05, 0.1) is 5.69 Å². The molecular weight excluding hydrogens is 278 g/mol. The topological polar surface area (TPSA) is 28.2 Å². The maximum absolute atomic E-state index is 4.92. The van der Waals surface area contributed by atoms with Crippen LogP contribution >= 0.6 is 11.3 Å². The van der Waals surface area contributed by atoms with Gasteiger partial charge in [0, 0.05) is 25.0 Å². The summed E-state index contributed by atoms with van der Waals surface area (Å²) in [4.78, 5) is 8.69. The number of nitrogens with zero attached hydrogens (tertiary/aromatic N) is 2. The molecular formula is C17H31N3S. The lowest BCUT2D eigenvalue weighted by Gasteiger charge is -2.15. The molecule has 21 heavy (non-hydrogen) atoms. The molecule has 1 aromatic heterocycles. The van der Waals surface area contributed by atoms with Crippen LogP contribution in [0.15, 0.2) is 0 Å². The Labute approximate surface area is 134 Å². The fourth-order valence-electron chi connectivity index (χ4n) is 2.65. The van der Waals surface area contributed by atoms with Crippen molar-refractivity contribution in [3.05, 3.63) is 10.6 Å². The van der Waals surface area contributed by atoms with Crippen molar-refractivity contribution in [3.8, 4) is 0 Å². The zero-order valence-electron chi connectivity index (χ0n) is 14.4. The number of hydrogen-bond donors (Lipinski definition) is 1. The summed E-state index contributed by atoms with van der Waals surface area (Å²) in [7, 11) is 2.19. The van der Waals surface area contributed by atoms with Crippen LogP contribution in [-0.2, 0) is 6.54 Å². The fraction of sp³-hybridized carbons (Fsp3) is 0.824. The molecule has 0 aliphatic heterocycles. The zero-order valence-corrected chi connectivity index (χ0v) is 15.3. The highest BCUT2D eigenvalue weighted by atomic mass is 32.1. The van der Waals surface area contributed by atoms with Crippen LogP contribution in [0.25, 0.3) is 0 Å². The van der Waals surface area contributed by atoms with Crippen LogP contribution in [0.1, 0.15) is 57.5 Å². The summed E-state index contributed by atoms with van der Waals surface area (Å²) in [5.41, 5.74) is 1.28. The van der Waals surface area contributed by atoms with Crippen LogP contribution in [0.5, 0.6) is 0 Å². The lowest BCUT2D eigenvalue weighted by molar-refractivity contribution is 0.552. The molecule has 1 aliphatic rings. The van der Waals surface area contributed by atoms with Crippen LogP contribution in [-0.4, -0.2) is 25.1 Å². The highest BCUT2D eigenvalue weighted by Crippen LogP contribution is 2.39. The summed E-state index contributed by atoms with van der Waals surface area (Å²) in [5, 5.41) is 4.75. The first-order valence-electron chi connectivity index (χ1n) is 8.29. The molecule has 0 spiro atoms. The molecule has 0 saturated heterocycles. The van der Waals surface area contributed by atoms with E-state index in [0.717, 1.165) is 31.5 Å². The second-order valence-corrected chi connectivity index (χ2v) is 8.40. The number of nitrogens with one attached hydrogen (secondary N) is 1. The molecule has 1 fully saturated rings. The maximum Gasteiger partial charge on any atom is 0.185 e. The van der Waals surface area contributed by atoms with Gasteiger partial charge >= 0.3 is 0 Å². The first kappa shape index (κ1) is 16.8. The van der Waals surface area contributed by atoms with Crippen molar-refractivity contribution in [2.45, 2.75) is 53.5 Å². The molecule has 0 aromatic carbocycles. The summed E-state index contributed by atoms with van der Waals surface area (Å²) in [6.45, 7) is 14.5. The Morgan fingerprint density at radius 1 is 1.33 bits per heavy atom. The molecule has 0 radical (unpaired) electrons. The Balaban J connectivity index is 2.01. The van der Waals surface area contributed by atoms with Crippen LogP contribution in [0, 0.1) is 17.8 Å². The highest BCUT2D eigenvalue weighted by Gasteiger charge is 2.33. The molecule has 1 aromatic rings. The van der Waals surface area contributed by atoms with Crippen LogP contribution in [0.3, 0.4) is 0 Å². The molecule has 4 heteroatoms. The van der Waals surface area contributed by atoms with Gasteiger partial charge in [-0.1, -0.05) is 34.6 Å². The Morgan fingerprint density at radius 2 is 2.00 bits per heavy atom. The molecule has 2 rings (SSSR count). The Hall–Kier alpha value is -0.610. The van der Waals surface area contributed by atoms with Gasteiger partial charge in [0.15, 0.2) is 5.13 Å². The van der Waals surface area contributed by atoms with Crippen LogP contribution in [0.4, 0.5) is 5.13 Å². The van der Waals surface area contributed by atoms with E-state index in [9.17, 15) is 0 Å². The van der Waals surface area contributed by atoms with E-state index in [1.54, 1.807) is 0 Å². The van der Waals surface area contributed by atoms with Gasteiger partial charge in [0.25, 0.3) is 0 Å². The molecule has 1 saturated carbocycles. The molecule has 120 valence electrons. The molecule has 1 aliphatic carbocycles. The van der Waals surface area contributed by atoms with E-state index >= 15 is 0 Å². The van der Waals surface area contributed by atoms with E-state index in [1.165, 1.54) is 22.1 Å². The van der Waals surface area contributed by atoms with Gasteiger partial charge in [-0.15, -0.1) is 11.3 Å². The average molecular weight is 310 g/mol. The summed E-state index contributed by atoms with van der Waals surface area (Å²) >= 11 is 1.87. The minimum atomic E-state index is 0.499. The molecule has 0 amide bonds. The summed E-state index contributed by atoms with van der Waals surface area (Å²) < 4.78 is 0. The predicted molar refractivity (Wildman–Crippen MR) is 93.3 cm³/mol. The van der Waals surface area contributed by atoms with Gasteiger partial charge in [-0.05, 0) is 36.6 Å². The van der Waals surface area contributed by atoms with Crippen LogP contribution in [0.2, 0.25) is 0 Å². The van der Waals surface area contributed by atoms with Gasteiger partial charge in [-0.3, -0.25) is 0 Å². The quantitative estimate of drug-likeness (QED) is 0.783. The average Bonchev–Trinajstić information content (AvgIpc) is 2.90. The summed E-state index contributed by atoms with van der Waals surface area (Å²) in [6, 6.07) is 0. The van der Waals surface area contributed by atoms with Gasteiger partial charge < -0.3 is 10.2 Å². The third kappa shape index (κ3) is 4.68. The SMILES string of the molecule is CC(C)CNCc1sc(N(C)CC2CC2C)nc1C(C)C. The molecule has 2 atom stereocenters. The van der Waals surface area contributed by atoms with Gasteiger partial charge in [0.1, 0.15) is 0 Å². The van der Waals surface area contributed by atoms with Crippen LogP contribution < -0.4 is 10.2 Å². The number of rotatable bonds is 8. The molecule has 0 bridgehead atoms. The van der Waals surface area contributed by atoms with Crippen molar-refractivity contribution < 1.29 is 0 Å². The predicted octanol–water partition coefficient (Wildman–Crippen LogP) is 4.10. The van der Waals surface area contributed by atoms with E-state index in [0.29, 0.717) is 11.8 Å². The van der Waals surface area contributed by atoms with Crippen molar-refractivity contribution in [2.24, 2.45) is 17.8 Å². The van der Waals surface area contributed by atoms with Crippen molar-refractivity contribution in [2.75, 3.05) is 25.0 Å². The second-order valence-electron chi connectivity index (χ2n) is 7.34. The zero-order chi connectivity index (χ0) is 15.6. The van der Waals surface area contributed by atoms with Gasteiger partial charge in [-0.25, -0.2) is 4.98 Å². The Bertz CT molecular complexity index is 453. The van der Waals surface area contributed by atoms with E-state index in [-0.39, 0.29) is 0 Å².